The number of hydrazine groups is 1. The fraction of sp³-hybridized carbons (Fsp3) is 0.571. The minimum atomic E-state index is -3.08. The lowest BCUT2D eigenvalue weighted by Gasteiger charge is -2.30. The fourth-order valence-electron chi connectivity index (χ4n) is 2.87. The Hall–Kier alpha value is -0.630. The zero-order chi connectivity index (χ0) is 15.5. The fourth-order valence-corrected chi connectivity index (χ4v) is 5.39. The van der Waals surface area contributed by atoms with Crippen molar-refractivity contribution < 1.29 is 13.2 Å². The van der Waals surface area contributed by atoms with E-state index >= 15 is 0 Å². The molecule has 0 aliphatic carbocycles. The van der Waals surface area contributed by atoms with E-state index in [1.807, 2.05) is 18.2 Å². The van der Waals surface area contributed by atoms with Crippen molar-refractivity contribution in [1.29, 1.82) is 0 Å². The standard InChI is InChI=1S/C14H21BrN2O3S/c1-20-13-6-5-11(15)8-10(13)9-12(17-16)14-4-2-3-7-21(14,18)19/h5-6,8,12,14,17H,2-4,7,9,16H2,1H3. The topological polar surface area (TPSA) is 81.4 Å². The number of nitrogens with one attached hydrogen (secondary N) is 1. The SMILES string of the molecule is COc1ccc(Br)cc1CC(NN)C1CCCCS1(=O)=O. The van der Waals surface area contributed by atoms with Gasteiger partial charge in [0.15, 0.2) is 9.84 Å². The highest BCUT2D eigenvalue weighted by molar-refractivity contribution is 9.10. The van der Waals surface area contributed by atoms with Crippen molar-refractivity contribution in [1.82, 2.24) is 5.43 Å². The van der Waals surface area contributed by atoms with Crippen molar-refractivity contribution in [3.05, 3.63) is 28.2 Å². The van der Waals surface area contributed by atoms with Gasteiger partial charge in [-0.15, -0.1) is 0 Å². The van der Waals surface area contributed by atoms with Gasteiger partial charge in [0.1, 0.15) is 5.75 Å². The third kappa shape index (κ3) is 3.97. The molecule has 1 aromatic rings. The molecule has 1 aliphatic rings. The summed E-state index contributed by atoms with van der Waals surface area (Å²) in [6.45, 7) is 0. The maximum absolute atomic E-state index is 12.3. The van der Waals surface area contributed by atoms with E-state index < -0.39 is 15.1 Å². The Kier molecular flexibility index (Phi) is 5.65. The Balaban J connectivity index is 2.25. The summed E-state index contributed by atoms with van der Waals surface area (Å²) >= 11 is 3.43. The molecule has 3 N–H and O–H groups in total. The molecule has 0 amide bonds. The first kappa shape index (κ1) is 16.7. The zero-order valence-electron chi connectivity index (χ0n) is 12.0. The van der Waals surface area contributed by atoms with Gasteiger partial charge in [-0.2, -0.15) is 0 Å². The smallest absolute Gasteiger partial charge is 0.154 e. The summed E-state index contributed by atoms with van der Waals surface area (Å²) in [5, 5.41) is -0.431. The molecule has 2 rings (SSSR count). The second-order valence-corrected chi connectivity index (χ2v) is 8.59. The number of hydrogen-bond donors (Lipinski definition) is 2. The zero-order valence-corrected chi connectivity index (χ0v) is 14.4. The highest BCUT2D eigenvalue weighted by Crippen LogP contribution is 2.28. The van der Waals surface area contributed by atoms with Crippen molar-refractivity contribution >= 4 is 25.8 Å². The predicted octanol–water partition coefficient (Wildman–Crippen LogP) is 1.80. The summed E-state index contributed by atoms with van der Waals surface area (Å²) < 4.78 is 30.8. The van der Waals surface area contributed by atoms with Gasteiger partial charge in [-0.1, -0.05) is 22.4 Å². The van der Waals surface area contributed by atoms with Gasteiger partial charge >= 0.3 is 0 Å². The van der Waals surface area contributed by atoms with Crippen LogP contribution in [0.4, 0.5) is 0 Å². The number of nitrogens with two attached hydrogens (primary N) is 1. The Morgan fingerprint density at radius 3 is 2.86 bits per heavy atom. The summed E-state index contributed by atoms with van der Waals surface area (Å²) in [5.74, 6) is 6.63. The average molecular weight is 377 g/mol. The number of ether oxygens (including phenoxy) is 1. The lowest BCUT2D eigenvalue weighted by molar-refractivity contribution is 0.398. The number of rotatable bonds is 5. The first-order valence-corrected chi connectivity index (χ1v) is 9.49. The van der Waals surface area contributed by atoms with E-state index in [9.17, 15) is 8.42 Å². The van der Waals surface area contributed by atoms with Crippen LogP contribution in [0.2, 0.25) is 0 Å². The maximum atomic E-state index is 12.3. The molecular weight excluding hydrogens is 356 g/mol. The predicted molar refractivity (Wildman–Crippen MR) is 86.9 cm³/mol. The molecule has 0 radical (unpaired) electrons. The van der Waals surface area contributed by atoms with Crippen LogP contribution in [0.5, 0.6) is 5.75 Å². The largest absolute Gasteiger partial charge is 0.496 e. The van der Waals surface area contributed by atoms with E-state index in [0.717, 1.165) is 28.6 Å². The number of halogens is 1. The molecule has 1 fully saturated rings. The molecule has 2 unspecified atom stereocenters. The Labute approximate surface area is 134 Å². The van der Waals surface area contributed by atoms with E-state index in [2.05, 4.69) is 21.4 Å². The maximum Gasteiger partial charge on any atom is 0.154 e. The van der Waals surface area contributed by atoms with Gasteiger partial charge in [0.2, 0.25) is 0 Å². The van der Waals surface area contributed by atoms with Gasteiger partial charge in [-0.05, 0) is 43.0 Å². The van der Waals surface area contributed by atoms with Crippen molar-refractivity contribution in [3.63, 3.8) is 0 Å². The Morgan fingerprint density at radius 1 is 1.48 bits per heavy atom. The molecule has 5 nitrogen and oxygen atoms in total. The molecule has 0 saturated carbocycles. The summed E-state index contributed by atoms with van der Waals surface area (Å²) in [5.41, 5.74) is 3.64. The summed E-state index contributed by atoms with van der Waals surface area (Å²) in [6.07, 6.45) is 2.85. The van der Waals surface area contributed by atoms with Gasteiger partial charge in [-0.3, -0.25) is 11.3 Å². The van der Waals surface area contributed by atoms with E-state index in [-0.39, 0.29) is 11.8 Å². The second kappa shape index (κ2) is 7.09. The van der Waals surface area contributed by atoms with Crippen LogP contribution in [0.25, 0.3) is 0 Å². The molecule has 7 heteroatoms. The van der Waals surface area contributed by atoms with E-state index in [1.165, 1.54) is 0 Å². The van der Waals surface area contributed by atoms with Crippen molar-refractivity contribution in [3.8, 4) is 5.75 Å². The van der Waals surface area contributed by atoms with Crippen molar-refractivity contribution in [2.45, 2.75) is 37.0 Å². The van der Waals surface area contributed by atoms with Crippen LogP contribution in [0.15, 0.2) is 22.7 Å². The first-order valence-electron chi connectivity index (χ1n) is 6.98. The highest BCUT2D eigenvalue weighted by atomic mass is 79.9. The van der Waals surface area contributed by atoms with Crippen LogP contribution < -0.4 is 16.0 Å². The number of methoxy groups -OCH3 is 1. The number of hydrogen-bond acceptors (Lipinski definition) is 5. The number of sulfone groups is 1. The first-order chi connectivity index (χ1) is 9.97. The van der Waals surface area contributed by atoms with Crippen LogP contribution in [-0.2, 0) is 16.3 Å². The van der Waals surface area contributed by atoms with Crippen LogP contribution in [0.3, 0.4) is 0 Å². The lowest BCUT2D eigenvalue weighted by atomic mass is 9.99. The van der Waals surface area contributed by atoms with Crippen molar-refractivity contribution in [2.75, 3.05) is 12.9 Å². The van der Waals surface area contributed by atoms with Crippen molar-refractivity contribution in [2.24, 2.45) is 5.84 Å². The van der Waals surface area contributed by atoms with Gasteiger partial charge in [0, 0.05) is 10.5 Å². The van der Waals surface area contributed by atoms with E-state index in [0.29, 0.717) is 12.8 Å². The normalized spacial score (nSPS) is 22.7. The minimum Gasteiger partial charge on any atom is -0.496 e. The Morgan fingerprint density at radius 2 is 2.24 bits per heavy atom. The molecule has 21 heavy (non-hydrogen) atoms. The van der Waals surface area contributed by atoms with Gasteiger partial charge < -0.3 is 4.74 Å². The van der Waals surface area contributed by atoms with Gasteiger partial charge in [0.25, 0.3) is 0 Å². The molecule has 0 aromatic heterocycles. The summed E-state index contributed by atoms with van der Waals surface area (Å²) in [4.78, 5) is 0. The van der Waals surface area contributed by atoms with Gasteiger partial charge in [-0.25, -0.2) is 8.42 Å². The molecule has 118 valence electrons. The summed E-state index contributed by atoms with van der Waals surface area (Å²) in [6, 6.07) is 5.39. The molecule has 1 heterocycles. The molecule has 1 aliphatic heterocycles. The molecular formula is C14H21BrN2O3S. The summed E-state index contributed by atoms with van der Waals surface area (Å²) in [7, 11) is -1.47. The Bertz CT molecular complexity index is 592. The van der Waals surface area contributed by atoms with Crippen LogP contribution in [0.1, 0.15) is 24.8 Å². The third-order valence-corrected chi connectivity index (χ3v) is 6.81. The monoisotopic (exact) mass is 376 g/mol. The minimum absolute atomic E-state index is 0.255. The lowest BCUT2D eigenvalue weighted by Crippen LogP contribution is -2.50. The second-order valence-electron chi connectivity index (χ2n) is 5.33. The van der Waals surface area contributed by atoms with E-state index in [4.69, 9.17) is 10.6 Å². The molecule has 0 spiro atoms. The molecule has 0 bridgehead atoms. The third-order valence-electron chi connectivity index (χ3n) is 3.97. The van der Waals surface area contributed by atoms with Crippen LogP contribution in [-0.4, -0.2) is 32.6 Å². The van der Waals surface area contributed by atoms with Crippen LogP contribution >= 0.6 is 15.9 Å². The average Bonchev–Trinajstić information content (AvgIpc) is 2.45. The van der Waals surface area contributed by atoms with E-state index in [1.54, 1.807) is 7.11 Å². The van der Waals surface area contributed by atoms with Crippen LogP contribution in [0, 0.1) is 0 Å². The van der Waals surface area contributed by atoms with Gasteiger partial charge in [0.05, 0.1) is 18.1 Å². The quantitative estimate of drug-likeness (QED) is 0.604. The molecule has 1 aromatic carbocycles. The highest BCUT2D eigenvalue weighted by Gasteiger charge is 2.35. The molecule has 2 atom stereocenters. The molecule has 1 saturated heterocycles. The number of benzene rings is 1.